The van der Waals surface area contributed by atoms with E-state index in [1.54, 1.807) is 0 Å². The zero-order chi connectivity index (χ0) is 18.5. The Morgan fingerprint density at radius 3 is 2.67 bits per heavy atom. The van der Waals surface area contributed by atoms with Crippen molar-refractivity contribution in [2.24, 2.45) is 0 Å². The third kappa shape index (κ3) is 4.67. The lowest BCUT2D eigenvalue weighted by molar-refractivity contribution is 0.193. The van der Waals surface area contributed by atoms with E-state index in [9.17, 15) is 0 Å². The van der Waals surface area contributed by atoms with E-state index in [0.29, 0.717) is 18.5 Å². The summed E-state index contributed by atoms with van der Waals surface area (Å²) in [5.74, 6) is 2.55. The molecule has 0 bridgehead atoms. The highest BCUT2D eigenvalue weighted by Crippen LogP contribution is 2.27. The molecule has 144 valence electrons. The van der Waals surface area contributed by atoms with Gasteiger partial charge in [0.15, 0.2) is 0 Å². The lowest BCUT2D eigenvalue weighted by Gasteiger charge is -2.35. The number of hydrogen-bond acceptors (Lipinski definition) is 7. The largest absolute Gasteiger partial charge is 0.492 e. The average Bonchev–Trinajstić information content (AvgIpc) is 3.24. The molecule has 1 atom stereocenters. The van der Waals surface area contributed by atoms with Gasteiger partial charge in [-0.15, -0.1) is 0 Å². The van der Waals surface area contributed by atoms with E-state index in [2.05, 4.69) is 25.8 Å². The van der Waals surface area contributed by atoms with Crippen LogP contribution in [0.3, 0.4) is 0 Å². The summed E-state index contributed by atoms with van der Waals surface area (Å²) in [7, 11) is 0. The van der Waals surface area contributed by atoms with Gasteiger partial charge in [0.05, 0.1) is 12.3 Å². The fourth-order valence-corrected chi connectivity index (χ4v) is 3.62. The van der Waals surface area contributed by atoms with E-state index in [1.807, 2.05) is 30.3 Å². The van der Waals surface area contributed by atoms with Gasteiger partial charge >= 0.3 is 0 Å². The first-order valence-corrected chi connectivity index (χ1v) is 9.65. The van der Waals surface area contributed by atoms with Crippen LogP contribution in [0.1, 0.15) is 18.0 Å². The van der Waals surface area contributed by atoms with E-state index in [1.165, 1.54) is 0 Å². The van der Waals surface area contributed by atoms with Crippen LogP contribution in [0.4, 0.5) is 11.8 Å². The molecule has 4 rings (SSSR count). The Balaban J connectivity index is 1.28. The molecule has 0 radical (unpaired) electrons. The third-order valence-corrected chi connectivity index (χ3v) is 5.21. The van der Waals surface area contributed by atoms with Gasteiger partial charge in [-0.3, -0.25) is 4.90 Å². The molecule has 7 heteroatoms. The van der Waals surface area contributed by atoms with Crippen molar-refractivity contribution in [3.63, 3.8) is 0 Å². The Bertz CT molecular complexity index is 728. The van der Waals surface area contributed by atoms with Crippen molar-refractivity contribution in [2.75, 3.05) is 63.2 Å². The molecule has 2 aliphatic rings. The van der Waals surface area contributed by atoms with E-state index >= 15 is 0 Å². The maximum atomic E-state index is 5.97. The van der Waals surface area contributed by atoms with Crippen LogP contribution in [-0.4, -0.2) is 67.4 Å². The van der Waals surface area contributed by atoms with Crippen molar-refractivity contribution in [1.82, 2.24) is 14.9 Å². The van der Waals surface area contributed by atoms with Gasteiger partial charge in [-0.05, 0) is 18.6 Å². The second kappa shape index (κ2) is 8.54. The molecule has 1 aromatic heterocycles. The van der Waals surface area contributed by atoms with Crippen molar-refractivity contribution >= 4 is 11.8 Å². The van der Waals surface area contributed by atoms with Gasteiger partial charge in [0.1, 0.15) is 18.2 Å². The molecule has 2 aliphatic heterocycles. The van der Waals surface area contributed by atoms with Crippen LogP contribution in [0.2, 0.25) is 0 Å². The van der Waals surface area contributed by atoms with Gasteiger partial charge in [0.2, 0.25) is 5.95 Å². The molecule has 2 aromatic rings. The van der Waals surface area contributed by atoms with Gasteiger partial charge in [-0.2, -0.15) is 4.98 Å². The minimum Gasteiger partial charge on any atom is -0.492 e. The number of benzene rings is 1. The lowest BCUT2D eigenvalue weighted by Crippen LogP contribution is -2.47. The van der Waals surface area contributed by atoms with Crippen molar-refractivity contribution in [2.45, 2.75) is 12.3 Å². The number of nitrogens with two attached hydrogens (primary N) is 1. The predicted molar refractivity (Wildman–Crippen MR) is 105 cm³/mol. The number of nitrogens with zero attached hydrogens (tertiary/aromatic N) is 4. The van der Waals surface area contributed by atoms with E-state index in [-0.39, 0.29) is 0 Å². The topological polar surface area (TPSA) is 76.7 Å². The van der Waals surface area contributed by atoms with Crippen LogP contribution < -0.4 is 15.4 Å². The Hall–Kier alpha value is -2.38. The monoisotopic (exact) mass is 369 g/mol. The Labute approximate surface area is 160 Å². The van der Waals surface area contributed by atoms with Crippen LogP contribution >= 0.6 is 0 Å². The molecule has 0 amide bonds. The number of hydrogen-bond donors (Lipinski definition) is 1. The van der Waals surface area contributed by atoms with Crippen LogP contribution in [0.25, 0.3) is 0 Å². The van der Waals surface area contributed by atoms with E-state index in [4.69, 9.17) is 15.2 Å². The molecule has 0 spiro atoms. The second-order valence-electron chi connectivity index (χ2n) is 7.06. The molecular weight excluding hydrogens is 342 g/mol. The first kappa shape index (κ1) is 18.0. The zero-order valence-electron chi connectivity index (χ0n) is 15.6. The average molecular weight is 369 g/mol. The standard InChI is InChI=1S/C20H27N5O2/c21-20-22-18(16-6-12-26-15-16)14-19(23-20)25-9-7-24(8-10-25)11-13-27-17-4-2-1-3-5-17/h1-5,14,16H,6-13,15H2,(H2,21,22,23). The highest BCUT2D eigenvalue weighted by atomic mass is 16.5. The van der Waals surface area contributed by atoms with Crippen LogP contribution in [0.5, 0.6) is 5.75 Å². The smallest absolute Gasteiger partial charge is 0.222 e. The summed E-state index contributed by atoms with van der Waals surface area (Å²) in [6, 6.07) is 12.1. The fourth-order valence-electron chi connectivity index (χ4n) is 3.62. The van der Waals surface area contributed by atoms with Crippen LogP contribution in [0.15, 0.2) is 36.4 Å². The summed E-state index contributed by atoms with van der Waals surface area (Å²) in [4.78, 5) is 13.6. The molecule has 2 N–H and O–H groups in total. The minimum atomic E-state index is 0.338. The number of anilines is 2. The second-order valence-corrected chi connectivity index (χ2v) is 7.06. The first-order chi connectivity index (χ1) is 13.3. The highest BCUT2D eigenvalue weighted by Gasteiger charge is 2.23. The molecule has 1 aromatic carbocycles. The van der Waals surface area contributed by atoms with Gasteiger partial charge in [0.25, 0.3) is 0 Å². The van der Waals surface area contributed by atoms with E-state index < -0.39 is 0 Å². The first-order valence-electron chi connectivity index (χ1n) is 9.65. The predicted octanol–water partition coefficient (Wildman–Crippen LogP) is 1.76. The van der Waals surface area contributed by atoms with Crippen molar-refractivity contribution in [3.05, 3.63) is 42.1 Å². The minimum absolute atomic E-state index is 0.338. The molecule has 7 nitrogen and oxygen atoms in total. The van der Waals surface area contributed by atoms with E-state index in [0.717, 1.165) is 69.6 Å². The quantitative estimate of drug-likeness (QED) is 0.831. The fraction of sp³-hybridized carbons (Fsp3) is 0.500. The van der Waals surface area contributed by atoms with Crippen LogP contribution in [-0.2, 0) is 4.74 Å². The van der Waals surface area contributed by atoms with Crippen molar-refractivity contribution < 1.29 is 9.47 Å². The van der Waals surface area contributed by atoms with Crippen molar-refractivity contribution in [3.8, 4) is 5.75 Å². The number of aromatic nitrogens is 2. The molecular formula is C20H27N5O2. The summed E-state index contributed by atoms with van der Waals surface area (Å²) in [5, 5.41) is 0. The summed E-state index contributed by atoms with van der Waals surface area (Å²) < 4.78 is 11.3. The summed E-state index contributed by atoms with van der Waals surface area (Å²) >= 11 is 0. The Morgan fingerprint density at radius 2 is 1.93 bits per heavy atom. The molecule has 2 saturated heterocycles. The SMILES string of the molecule is Nc1nc(C2CCOC2)cc(N2CCN(CCOc3ccccc3)CC2)n1. The summed E-state index contributed by atoms with van der Waals surface area (Å²) in [6.07, 6.45) is 1.01. The highest BCUT2D eigenvalue weighted by molar-refractivity contribution is 5.45. The number of ether oxygens (including phenoxy) is 2. The Kier molecular flexibility index (Phi) is 5.69. The molecule has 1 unspecified atom stereocenters. The summed E-state index contributed by atoms with van der Waals surface area (Å²) in [5.41, 5.74) is 6.97. The number of rotatable bonds is 6. The van der Waals surface area contributed by atoms with Crippen LogP contribution in [0, 0.1) is 0 Å². The van der Waals surface area contributed by atoms with Gasteiger partial charge in [-0.1, -0.05) is 18.2 Å². The van der Waals surface area contributed by atoms with Crippen molar-refractivity contribution in [1.29, 1.82) is 0 Å². The van der Waals surface area contributed by atoms with Gasteiger partial charge in [-0.25, -0.2) is 4.98 Å². The van der Waals surface area contributed by atoms with Gasteiger partial charge < -0.3 is 20.1 Å². The summed E-state index contributed by atoms with van der Waals surface area (Å²) in [6.45, 7) is 7.01. The third-order valence-electron chi connectivity index (χ3n) is 5.21. The lowest BCUT2D eigenvalue weighted by atomic mass is 10.0. The number of piperazine rings is 1. The molecule has 2 fully saturated rings. The molecule has 0 aliphatic carbocycles. The molecule has 3 heterocycles. The normalized spacial score (nSPS) is 20.7. The van der Waals surface area contributed by atoms with Gasteiger partial charge in [0, 0.05) is 51.3 Å². The molecule has 27 heavy (non-hydrogen) atoms. The zero-order valence-corrected chi connectivity index (χ0v) is 15.6. The number of nitrogen functional groups attached to an aromatic ring is 1. The Morgan fingerprint density at radius 1 is 1.11 bits per heavy atom. The maximum Gasteiger partial charge on any atom is 0.222 e. The number of para-hydroxylation sites is 1. The molecule has 0 saturated carbocycles. The maximum absolute atomic E-state index is 5.97.